The molecule has 1 fully saturated rings. The smallest absolute Gasteiger partial charge is 0.225 e. The highest BCUT2D eigenvalue weighted by Crippen LogP contribution is 2.19. The van der Waals surface area contributed by atoms with Crippen molar-refractivity contribution < 1.29 is 0 Å². The second-order valence-electron chi connectivity index (χ2n) is 4.41. The number of anilines is 1. The summed E-state index contributed by atoms with van der Waals surface area (Å²) < 4.78 is 0. The first-order valence-corrected chi connectivity index (χ1v) is 5.85. The molecule has 2 rings (SSSR count). The van der Waals surface area contributed by atoms with E-state index in [9.17, 15) is 0 Å². The molecule has 0 aliphatic carbocycles. The van der Waals surface area contributed by atoms with Crippen LogP contribution in [0.4, 0.5) is 5.95 Å². The Hall–Kier alpha value is -1.12. The highest BCUT2D eigenvalue weighted by molar-refractivity contribution is 5.30. The van der Waals surface area contributed by atoms with E-state index in [4.69, 9.17) is 0 Å². The number of nitrogens with zero attached hydrogens (tertiary/aromatic N) is 3. The molecule has 1 aromatic rings. The van der Waals surface area contributed by atoms with Gasteiger partial charge in [-0.2, -0.15) is 0 Å². The molecule has 0 saturated carbocycles. The summed E-state index contributed by atoms with van der Waals surface area (Å²) in [6.07, 6.45) is 7.43. The van der Waals surface area contributed by atoms with Crippen LogP contribution in [0.25, 0.3) is 0 Å². The van der Waals surface area contributed by atoms with Gasteiger partial charge in [-0.25, -0.2) is 9.97 Å². The van der Waals surface area contributed by atoms with Gasteiger partial charge in [0.05, 0.1) is 0 Å². The molecule has 0 aromatic carbocycles. The average Bonchev–Trinajstić information content (AvgIpc) is 2.30. The minimum atomic E-state index is 0.858. The fraction of sp³-hybridized carbons (Fsp3) is 0.667. The van der Waals surface area contributed by atoms with Gasteiger partial charge in [0.2, 0.25) is 5.95 Å². The monoisotopic (exact) mass is 205 g/mol. The molecule has 0 atom stereocenters. The standard InChI is InChI=1S/C12H19N3/c1-3-11-8-13-12(14-9-11)15-6-4-10(2)5-7-15/h8-10H,3-7H2,1-2H3. The van der Waals surface area contributed by atoms with Crippen molar-refractivity contribution >= 4 is 5.95 Å². The molecule has 0 bridgehead atoms. The number of aromatic nitrogens is 2. The van der Waals surface area contributed by atoms with E-state index in [1.165, 1.54) is 18.4 Å². The van der Waals surface area contributed by atoms with Crippen molar-refractivity contribution in [3.8, 4) is 0 Å². The third-order valence-electron chi connectivity index (χ3n) is 3.17. The van der Waals surface area contributed by atoms with Crippen LogP contribution in [0.15, 0.2) is 12.4 Å². The van der Waals surface area contributed by atoms with E-state index in [0.717, 1.165) is 31.4 Å². The first kappa shape index (κ1) is 10.4. The lowest BCUT2D eigenvalue weighted by molar-refractivity contribution is 0.434. The lowest BCUT2D eigenvalue weighted by atomic mass is 10.00. The van der Waals surface area contributed by atoms with Crippen LogP contribution < -0.4 is 4.90 Å². The van der Waals surface area contributed by atoms with Crippen LogP contribution in [0.1, 0.15) is 32.3 Å². The van der Waals surface area contributed by atoms with Gasteiger partial charge in [-0.05, 0) is 30.7 Å². The normalized spacial score (nSPS) is 18.1. The van der Waals surface area contributed by atoms with Crippen LogP contribution >= 0.6 is 0 Å². The number of rotatable bonds is 2. The van der Waals surface area contributed by atoms with Crippen LogP contribution in [0.2, 0.25) is 0 Å². The maximum atomic E-state index is 4.41. The molecule has 15 heavy (non-hydrogen) atoms. The third kappa shape index (κ3) is 2.46. The molecule has 1 aliphatic rings. The van der Waals surface area contributed by atoms with Crippen molar-refractivity contribution in [1.82, 2.24) is 9.97 Å². The zero-order valence-corrected chi connectivity index (χ0v) is 9.61. The molecule has 3 heteroatoms. The van der Waals surface area contributed by atoms with Gasteiger partial charge >= 0.3 is 0 Å². The Morgan fingerprint density at radius 2 is 1.87 bits per heavy atom. The van der Waals surface area contributed by atoms with Crippen LogP contribution in [0, 0.1) is 5.92 Å². The van der Waals surface area contributed by atoms with Gasteiger partial charge in [-0.15, -0.1) is 0 Å². The van der Waals surface area contributed by atoms with Gasteiger partial charge in [0.15, 0.2) is 0 Å². The van der Waals surface area contributed by atoms with Gasteiger partial charge in [0.25, 0.3) is 0 Å². The quantitative estimate of drug-likeness (QED) is 0.741. The Bertz CT molecular complexity index is 299. The van der Waals surface area contributed by atoms with E-state index in [1.807, 2.05) is 12.4 Å². The Morgan fingerprint density at radius 3 is 2.40 bits per heavy atom. The zero-order chi connectivity index (χ0) is 10.7. The molecule has 82 valence electrons. The van der Waals surface area contributed by atoms with E-state index >= 15 is 0 Å². The van der Waals surface area contributed by atoms with Gasteiger partial charge < -0.3 is 4.90 Å². The molecule has 0 amide bonds. The minimum absolute atomic E-state index is 0.858. The van der Waals surface area contributed by atoms with Crippen molar-refractivity contribution in [3.63, 3.8) is 0 Å². The van der Waals surface area contributed by atoms with E-state index < -0.39 is 0 Å². The summed E-state index contributed by atoms with van der Waals surface area (Å²) in [6, 6.07) is 0. The van der Waals surface area contributed by atoms with Crippen molar-refractivity contribution in [2.24, 2.45) is 5.92 Å². The molecule has 2 heterocycles. The predicted octanol–water partition coefficient (Wildman–Crippen LogP) is 2.28. The SMILES string of the molecule is CCc1cnc(N2CCC(C)CC2)nc1. The van der Waals surface area contributed by atoms with E-state index in [-0.39, 0.29) is 0 Å². The maximum absolute atomic E-state index is 4.41. The number of aryl methyl sites for hydroxylation is 1. The fourth-order valence-electron chi connectivity index (χ4n) is 1.90. The Morgan fingerprint density at radius 1 is 1.27 bits per heavy atom. The predicted molar refractivity (Wildman–Crippen MR) is 62.0 cm³/mol. The topological polar surface area (TPSA) is 29.0 Å². The van der Waals surface area contributed by atoms with Crippen molar-refractivity contribution in [1.29, 1.82) is 0 Å². The molecular formula is C12H19N3. The third-order valence-corrected chi connectivity index (χ3v) is 3.17. The lowest BCUT2D eigenvalue weighted by Crippen LogP contribution is -2.34. The molecule has 0 spiro atoms. The summed E-state index contributed by atoms with van der Waals surface area (Å²) >= 11 is 0. The van der Waals surface area contributed by atoms with Crippen LogP contribution in [-0.2, 0) is 6.42 Å². The second-order valence-corrected chi connectivity index (χ2v) is 4.41. The first-order valence-electron chi connectivity index (χ1n) is 5.85. The first-order chi connectivity index (χ1) is 7.29. The lowest BCUT2D eigenvalue weighted by Gasteiger charge is -2.30. The van der Waals surface area contributed by atoms with Crippen LogP contribution in [0.5, 0.6) is 0 Å². The Labute approximate surface area is 91.5 Å². The van der Waals surface area contributed by atoms with Crippen molar-refractivity contribution in [2.75, 3.05) is 18.0 Å². The van der Waals surface area contributed by atoms with Gasteiger partial charge in [-0.1, -0.05) is 13.8 Å². The maximum Gasteiger partial charge on any atom is 0.225 e. The molecule has 0 N–H and O–H groups in total. The van der Waals surface area contributed by atoms with Crippen molar-refractivity contribution in [2.45, 2.75) is 33.1 Å². The Kier molecular flexibility index (Phi) is 3.19. The molecular weight excluding hydrogens is 186 g/mol. The summed E-state index contributed by atoms with van der Waals surface area (Å²) in [5.74, 6) is 1.76. The molecule has 1 aliphatic heterocycles. The average molecular weight is 205 g/mol. The van der Waals surface area contributed by atoms with E-state index in [1.54, 1.807) is 0 Å². The van der Waals surface area contributed by atoms with Gasteiger partial charge in [-0.3, -0.25) is 0 Å². The number of hydrogen-bond donors (Lipinski definition) is 0. The number of hydrogen-bond acceptors (Lipinski definition) is 3. The highest BCUT2D eigenvalue weighted by Gasteiger charge is 2.17. The van der Waals surface area contributed by atoms with Crippen LogP contribution in [0.3, 0.4) is 0 Å². The van der Waals surface area contributed by atoms with Crippen LogP contribution in [-0.4, -0.2) is 23.1 Å². The summed E-state index contributed by atoms with van der Waals surface area (Å²) in [6.45, 7) is 6.65. The number of piperidine rings is 1. The minimum Gasteiger partial charge on any atom is -0.341 e. The molecule has 3 nitrogen and oxygen atoms in total. The summed E-state index contributed by atoms with van der Waals surface area (Å²) in [5.41, 5.74) is 1.21. The summed E-state index contributed by atoms with van der Waals surface area (Å²) in [5, 5.41) is 0. The molecule has 1 saturated heterocycles. The van der Waals surface area contributed by atoms with E-state index in [0.29, 0.717) is 0 Å². The summed E-state index contributed by atoms with van der Waals surface area (Å²) in [4.78, 5) is 11.1. The van der Waals surface area contributed by atoms with Crippen molar-refractivity contribution in [3.05, 3.63) is 18.0 Å². The van der Waals surface area contributed by atoms with Gasteiger partial charge in [0, 0.05) is 25.5 Å². The summed E-state index contributed by atoms with van der Waals surface area (Å²) in [7, 11) is 0. The Balaban J connectivity index is 2.03. The molecule has 1 aromatic heterocycles. The molecule has 0 radical (unpaired) electrons. The molecule has 0 unspecified atom stereocenters. The largest absolute Gasteiger partial charge is 0.341 e. The zero-order valence-electron chi connectivity index (χ0n) is 9.61. The van der Waals surface area contributed by atoms with Gasteiger partial charge in [0.1, 0.15) is 0 Å². The second kappa shape index (κ2) is 4.60. The fourth-order valence-corrected chi connectivity index (χ4v) is 1.90. The van der Waals surface area contributed by atoms with E-state index in [2.05, 4.69) is 28.7 Å². The highest BCUT2D eigenvalue weighted by atomic mass is 15.2.